The molecule has 0 atom stereocenters. The SMILES string of the molecule is CNCc1cccc(S(=O)(=O)Nc2cccc(F)c2F)c1. The number of hydrogen-bond donors (Lipinski definition) is 2. The smallest absolute Gasteiger partial charge is 0.261 e. The summed E-state index contributed by atoms with van der Waals surface area (Å²) >= 11 is 0. The number of sulfonamides is 1. The Morgan fingerprint density at radius 1 is 1.10 bits per heavy atom. The normalized spacial score (nSPS) is 11.4. The highest BCUT2D eigenvalue weighted by Crippen LogP contribution is 2.21. The minimum absolute atomic E-state index is 0.0149. The van der Waals surface area contributed by atoms with Crippen LogP contribution in [0.1, 0.15) is 5.56 Å². The first-order valence-electron chi connectivity index (χ1n) is 6.14. The lowest BCUT2D eigenvalue weighted by Crippen LogP contribution is -2.15. The number of benzene rings is 2. The van der Waals surface area contributed by atoms with Gasteiger partial charge in [0.05, 0.1) is 10.6 Å². The third-order valence-electron chi connectivity index (χ3n) is 2.79. The minimum Gasteiger partial charge on any atom is -0.316 e. The van der Waals surface area contributed by atoms with Gasteiger partial charge in [0.25, 0.3) is 10.0 Å². The van der Waals surface area contributed by atoms with Crippen LogP contribution in [-0.4, -0.2) is 15.5 Å². The van der Waals surface area contributed by atoms with Crippen LogP contribution >= 0.6 is 0 Å². The van der Waals surface area contributed by atoms with E-state index in [9.17, 15) is 17.2 Å². The van der Waals surface area contributed by atoms with Crippen molar-refractivity contribution >= 4 is 15.7 Å². The van der Waals surface area contributed by atoms with Gasteiger partial charge < -0.3 is 5.32 Å². The maximum atomic E-state index is 13.5. The van der Waals surface area contributed by atoms with E-state index in [1.165, 1.54) is 18.2 Å². The number of rotatable bonds is 5. The molecule has 0 aliphatic heterocycles. The van der Waals surface area contributed by atoms with Gasteiger partial charge in [0.2, 0.25) is 0 Å². The molecule has 4 nitrogen and oxygen atoms in total. The maximum Gasteiger partial charge on any atom is 0.261 e. The van der Waals surface area contributed by atoms with Gasteiger partial charge in [0, 0.05) is 6.54 Å². The summed E-state index contributed by atoms with van der Waals surface area (Å²) in [6, 6.07) is 9.51. The topological polar surface area (TPSA) is 58.2 Å². The maximum absolute atomic E-state index is 13.5. The molecule has 0 heterocycles. The molecule has 0 unspecified atom stereocenters. The standard InChI is InChI=1S/C14H14F2N2O2S/c1-17-9-10-4-2-5-11(8-10)21(19,20)18-13-7-3-6-12(15)14(13)16/h2-8,17-18H,9H2,1H3. The Morgan fingerprint density at radius 3 is 2.52 bits per heavy atom. The summed E-state index contributed by atoms with van der Waals surface area (Å²) in [6.07, 6.45) is 0. The minimum atomic E-state index is -3.98. The summed E-state index contributed by atoms with van der Waals surface area (Å²) in [6.45, 7) is 0.498. The molecule has 2 N–H and O–H groups in total. The highest BCUT2D eigenvalue weighted by Gasteiger charge is 2.18. The molecular weight excluding hydrogens is 298 g/mol. The molecule has 0 aromatic heterocycles. The van der Waals surface area contributed by atoms with Crippen molar-refractivity contribution in [2.75, 3.05) is 11.8 Å². The van der Waals surface area contributed by atoms with Crippen molar-refractivity contribution in [1.29, 1.82) is 0 Å². The lowest BCUT2D eigenvalue weighted by molar-refractivity contribution is 0.511. The van der Waals surface area contributed by atoms with Crippen molar-refractivity contribution < 1.29 is 17.2 Å². The Balaban J connectivity index is 2.34. The van der Waals surface area contributed by atoms with Gasteiger partial charge in [-0.2, -0.15) is 0 Å². The van der Waals surface area contributed by atoms with Crippen molar-refractivity contribution in [1.82, 2.24) is 5.32 Å². The second-order valence-corrected chi connectivity index (χ2v) is 6.07. The lowest BCUT2D eigenvalue weighted by atomic mass is 10.2. The number of nitrogens with one attached hydrogen (secondary N) is 2. The third kappa shape index (κ3) is 3.56. The van der Waals surface area contributed by atoms with E-state index in [1.807, 2.05) is 4.72 Å². The Labute approximate surface area is 121 Å². The van der Waals surface area contributed by atoms with Crippen molar-refractivity contribution in [2.45, 2.75) is 11.4 Å². The zero-order chi connectivity index (χ0) is 15.5. The van der Waals surface area contributed by atoms with E-state index in [1.54, 1.807) is 19.2 Å². The largest absolute Gasteiger partial charge is 0.316 e. The molecule has 0 aliphatic carbocycles. The van der Waals surface area contributed by atoms with E-state index in [0.717, 1.165) is 17.7 Å². The fourth-order valence-corrected chi connectivity index (χ4v) is 2.94. The predicted molar refractivity (Wildman–Crippen MR) is 76.4 cm³/mol. The molecule has 0 saturated carbocycles. The monoisotopic (exact) mass is 312 g/mol. The van der Waals surface area contributed by atoms with Crippen LogP contribution < -0.4 is 10.0 Å². The summed E-state index contributed by atoms with van der Waals surface area (Å²) in [4.78, 5) is -0.0149. The second-order valence-electron chi connectivity index (χ2n) is 4.38. The van der Waals surface area contributed by atoms with Crippen molar-refractivity contribution in [3.05, 3.63) is 59.7 Å². The molecule has 0 spiro atoms. The van der Waals surface area contributed by atoms with Crippen molar-refractivity contribution in [3.63, 3.8) is 0 Å². The molecule has 0 radical (unpaired) electrons. The van der Waals surface area contributed by atoms with E-state index in [2.05, 4.69) is 5.32 Å². The van der Waals surface area contributed by atoms with Crippen LogP contribution in [0, 0.1) is 11.6 Å². The van der Waals surface area contributed by atoms with Gasteiger partial charge in [-0.05, 0) is 36.9 Å². The molecule has 0 saturated heterocycles. The van der Waals surface area contributed by atoms with E-state index >= 15 is 0 Å². The van der Waals surface area contributed by atoms with E-state index in [4.69, 9.17) is 0 Å². The number of halogens is 2. The second kappa shape index (κ2) is 6.19. The predicted octanol–water partition coefficient (Wildman–Crippen LogP) is 2.49. The van der Waals surface area contributed by atoms with Crippen LogP contribution in [-0.2, 0) is 16.6 Å². The molecular formula is C14H14F2N2O2S. The van der Waals surface area contributed by atoms with Gasteiger partial charge in [0.1, 0.15) is 0 Å². The highest BCUT2D eigenvalue weighted by atomic mass is 32.2. The van der Waals surface area contributed by atoms with E-state index in [0.29, 0.717) is 6.54 Å². The lowest BCUT2D eigenvalue weighted by Gasteiger charge is -2.10. The molecule has 2 aromatic rings. The Bertz CT molecular complexity index is 748. The van der Waals surface area contributed by atoms with Gasteiger partial charge in [-0.15, -0.1) is 0 Å². The van der Waals surface area contributed by atoms with Gasteiger partial charge in [0.15, 0.2) is 11.6 Å². The molecule has 2 rings (SSSR count). The molecule has 21 heavy (non-hydrogen) atoms. The molecule has 2 aromatic carbocycles. The zero-order valence-electron chi connectivity index (χ0n) is 11.2. The molecule has 7 heteroatoms. The first kappa shape index (κ1) is 15.4. The Kier molecular flexibility index (Phi) is 4.54. The van der Waals surface area contributed by atoms with Crippen molar-refractivity contribution in [2.24, 2.45) is 0 Å². The number of anilines is 1. The quantitative estimate of drug-likeness (QED) is 0.892. The first-order valence-corrected chi connectivity index (χ1v) is 7.63. The van der Waals surface area contributed by atoms with Crippen LogP contribution in [0.25, 0.3) is 0 Å². The molecule has 112 valence electrons. The molecule has 0 fully saturated rings. The van der Waals surface area contributed by atoms with Crippen LogP contribution in [0.15, 0.2) is 47.4 Å². The average Bonchev–Trinajstić information content (AvgIpc) is 2.44. The third-order valence-corrected chi connectivity index (χ3v) is 4.15. The fourth-order valence-electron chi connectivity index (χ4n) is 1.81. The molecule has 0 aliphatic rings. The van der Waals surface area contributed by atoms with E-state index < -0.39 is 27.3 Å². The van der Waals surface area contributed by atoms with Crippen LogP contribution in [0.3, 0.4) is 0 Å². The van der Waals surface area contributed by atoms with Crippen LogP contribution in [0.4, 0.5) is 14.5 Å². The number of hydrogen-bond acceptors (Lipinski definition) is 3. The molecule has 0 amide bonds. The van der Waals surface area contributed by atoms with Gasteiger partial charge in [-0.3, -0.25) is 4.72 Å². The summed E-state index contributed by atoms with van der Waals surface area (Å²) in [7, 11) is -2.24. The van der Waals surface area contributed by atoms with Gasteiger partial charge >= 0.3 is 0 Å². The molecule has 0 bridgehead atoms. The van der Waals surface area contributed by atoms with Gasteiger partial charge in [-0.1, -0.05) is 18.2 Å². The summed E-state index contributed by atoms with van der Waals surface area (Å²) in [5.41, 5.74) is 0.342. The summed E-state index contributed by atoms with van der Waals surface area (Å²) < 4.78 is 53.1. The van der Waals surface area contributed by atoms with Crippen molar-refractivity contribution in [3.8, 4) is 0 Å². The fraction of sp³-hybridized carbons (Fsp3) is 0.143. The van der Waals surface area contributed by atoms with Crippen LogP contribution in [0.2, 0.25) is 0 Å². The summed E-state index contributed by atoms with van der Waals surface area (Å²) in [5, 5.41) is 2.90. The van der Waals surface area contributed by atoms with Gasteiger partial charge in [-0.25, -0.2) is 17.2 Å². The zero-order valence-corrected chi connectivity index (χ0v) is 12.0. The Morgan fingerprint density at radius 2 is 1.81 bits per heavy atom. The Hall–Kier alpha value is -1.99. The highest BCUT2D eigenvalue weighted by molar-refractivity contribution is 7.92. The average molecular weight is 312 g/mol. The summed E-state index contributed by atoms with van der Waals surface area (Å²) in [5.74, 6) is -2.34. The van der Waals surface area contributed by atoms with E-state index in [-0.39, 0.29) is 4.90 Å². The first-order chi connectivity index (χ1) is 9.94. The van der Waals surface area contributed by atoms with Crippen LogP contribution in [0.5, 0.6) is 0 Å².